The summed E-state index contributed by atoms with van der Waals surface area (Å²) in [4.78, 5) is 12.2. The summed E-state index contributed by atoms with van der Waals surface area (Å²) in [7, 11) is 0. The molecule has 1 heterocycles. The van der Waals surface area contributed by atoms with Crippen LogP contribution < -0.4 is 10.6 Å². The molecule has 2 N–H and O–H groups in total. The van der Waals surface area contributed by atoms with Crippen molar-refractivity contribution in [3.8, 4) is 0 Å². The number of carbonyl (C=O) groups excluding carboxylic acids is 1. The van der Waals surface area contributed by atoms with Crippen molar-refractivity contribution in [2.75, 3.05) is 5.32 Å². The van der Waals surface area contributed by atoms with E-state index < -0.39 is 0 Å². The summed E-state index contributed by atoms with van der Waals surface area (Å²) in [5.74, 6) is -0.302. The Kier molecular flexibility index (Phi) is 4.87. The number of carbonyl (C=O) groups is 1. The molecular formula is C15H17FN2OS. The van der Waals surface area contributed by atoms with Crippen LogP contribution in [0.4, 0.5) is 10.1 Å². The van der Waals surface area contributed by atoms with Crippen molar-refractivity contribution in [3.05, 3.63) is 52.0 Å². The highest BCUT2D eigenvalue weighted by Crippen LogP contribution is 2.23. The summed E-state index contributed by atoms with van der Waals surface area (Å²) in [6.07, 6.45) is 0. The van der Waals surface area contributed by atoms with E-state index in [-0.39, 0.29) is 17.8 Å². The third-order valence-corrected chi connectivity index (χ3v) is 3.92. The minimum Gasteiger partial charge on any atom is -0.325 e. The highest BCUT2D eigenvalue weighted by molar-refractivity contribution is 7.10. The Labute approximate surface area is 121 Å². The molecule has 1 unspecified atom stereocenters. The largest absolute Gasteiger partial charge is 0.325 e. The summed E-state index contributed by atoms with van der Waals surface area (Å²) in [5.41, 5.74) is 1.88. The summed E-state index contributed by atoms with van der Waals surface area (Å²) >= 11 is 1.59. The predicted molar refractivity (Wildman–Crippen MR) is 80.3 cm³/mol. The topological polar surface area (TPSA) is 41.1 Å². The first-order valence-electron chi connectivity index (χ1n) is 6.39. The third-order valence-electron chi connectivity index (χ3n) is 2.99. The van der Waals surface area contributed by atoms with Gasteiger partial charge in [-0.15, -0.1) is 11.3 Å². The van der Waals surface area contributed by atoms with Gasteiger partial charge in [-0.1, -0.05) is 12.1 Å². The molecular weight excluding hydrogens is 275 g/mol. The molecule has 1 aromatic heterocycles. The maximum Gasteiger partial charge on any atom is 0.221 e. The lowest BCUT2D eigenvalue weighted by Crippen LogP contribution is -2.18. The van der Waals surface area contributed by atoms with Gasteiger partial charge in [-0.05, 0) is 36.1 Å². The Balaban J connectivity index is 1.96. The first kappa shape index (κ1) is 14.7. The zero-order valence-corrected chi connectivity index (χ0v) is 12.3. The molecule has 0 saturated heterocycles. The van der Waals surface area contributed by atoms with Gasteiger partial charge >= 0.3 is 0 Å². The van der Waals surface area contributed by atoms with Gasteiger partial charge in [0.2, 0.25) is 5.91 Å². The fourth-order valence-corrected chi connectivity index (χ4v) is 2.67. The Morgan fingerprint density at radius 1 is 1.30 bits per heavy atom. The van der Waals surface area contributed by atoms with Crippen LogP contribution in [0.15, 0.2) is 35.7 Å². The van der Waals surface area contributed by atoms with E-state index in [1.54, 1.807) is 23.5 Å². The van der Waals surface area contributed by atoms with E-state index in [2.05, 4.69) is 10.6 Å². The van der Waals surface area contributed by atoms with Crippen molar-refractivity contribution in [2.45, 2.75) is 26.4 Å². The van der Waals surface area contributed by atoms with Gasteiger partial charge in [-0.3, -0.25) is 4.79 Å². The van der Waals surface area contributed by atoms with E-state index in [0.717, 1.165) is 16.1 Å². The average molecular weight is 292 g/mol. The van der Waals surface area contributed by atoms with Crippen LogP contribution in [-0.2, 0) is 11.3 Å². The number of thiophene rings is 1. The number of rotatable bonds is 5. The lowest BCUT2D eigenvalue weighted by molar-refractivity contribution is -0.114. The number of amides is 1. The molecule has 106 valence electrons. The Morgan fingerprint density at radius 2 is 2.00 bits per heavy atom. The third kappa shape index (κ3) is 3.88. The SMILES string of the molecule is CC(=O)Nc1ccsc1CNC(C)c1ccc(F)cc1. The zero-order chi connectivity index (χ0) is 14.5. The van der Waals surface area contributed by atoms with Gasteiger partial charge in [0.05, 0.1) is 5.69 Å². The molecule has 2 rings (SSSR count). The number of hydrogen-bond acceptors (Lipinski definition) is 3. The van der Waals surface area contributed by atoms with Crippen molar-refractivity contribution in [1.82, 2.24) is 5.32 Å². The van der Waals surface area contributed by atoms with Crippen molar-refractivity contribution < 1.29 is 9.18 Å². The standard InChI is InChI=1S/C15H17FN2OS/c1-10(12-3-5-13(16)6-4-12)17-9-15-14(7-8-20-15)18-11(2)19/h3-8,10,17H,9H2,1-2H3,(H,18,19). The van der Waals surface area contributed by atoms with Crippen molar-refractivity contribution in [1.29, 1.82) is 0 Å². The van der Waals surface area contributed by atoms with Crippen LogP contribution in [0.25, 0.3) is 0 Å². The lowest BCUT2D eigenvalue weighted by atomic mass is 10.1. The molecule has 1 amide bonds. The van der Waals surface area contributed by atoms with Crippen molar-refractivity contribution >= 4 is 22.9 Å². The molecule has 5 heteroatoms. The van der Waals surface area contributed by atoms with Gasteiger partial charge in [0.1, 0.15) is 5.82 Å². The predicted octanol–water partition coefficient (Wildman–Crippen LogP) is 3.70. The van der Waals surface area contributed by atoms with Crippen LogP contribution in [0.5, 0.6) is 0 Å². The molecule has 0 aliphatic carbocycles. The van der Waals surface area contributed by atoms with E-state index in [1.165, 1.54) is 19.1 Å². The Hall–Kier alpha value is -1.72. The summed E-state index contributed by atoms with van der Waals surface area (Å²) in [5, 5.41) is 8.13. The first-order chi connectivity index (χ1) is 9.56. The van der Waals surface area contributed by atoms with Crippen LogP contribution in [-0.4, -0.2) is 5.91 Å². The maximum absolute atomic E-state index is 12.9. The number of halogens is 1. The van der Waals surface area contributed by atoms with Gasteiger partial charge in [-0.2, -0.15) is 0 Å². The minimum absolute atomic E-state index is 0.0729. The summed E-state index contributed by atoms with van der Waals surface area (Å²) in [6.45, 7) is 4.18. The molecule has 0 aliphatic rings. The number of hydrogen-bond donors (Lipinski definition) is 2. The summed E-state index contributed by atoms with van der Waals surface area (Å²) < 4.78 is 12.9. The second-order valence-electron chi connectivity index (χ2n) is 4.59. The zero-order valence-electron chi connectivity index (χ0n) is 11.4. The smallest absolute Gasteiger partial charge is 0.221 e. The monoisotopic (exact) mass is 292 g/mol. The number of benzene rings is 1. The number of anilines is 1. The van der Waals surface area contributed by atoms with Gasteiger partial charge in [0.25, 0.3) is 0 Å². The normalized spacial score (nSPS) is 12.2. The van der Waals surface area contributed by atoms with E-state index in [9.17, 15) is 9.18 Å². The van der Waals surface area contributed by atoms with Crippen molar-refractivity contribution in [2.24, 2.45) is 0 Å². The molecule has 0 saturated carbocycles. The van der Waals surface area contributed by atoms with Crippen LogP contribution in [0.2, 0.25) is 0 Å². The van der Waals surface area contributed by atoms with Crippen LogP contribution in [0, 0.1) is 5.82 Å². The van der Waals surface area contributed by atoms with Gasteiger partial charge in [-0.25, -0.2) is 4.39 Å². The highest BCUT2D eigenvalue weighted by Gasteiger charge is 2.09. The Morgan fingerprint density at radius 3 is 2.65 bits per heavy atom. The fourth-order valence-electron chi connectivity index (χ4n) is 1.89. The van der Waals surface area contributed by atoms with Gasteiger partial charge < -0.3 is 10.6 Å². The minimum atomic E-state index is -0.229. The molecule has 0 fully saturated rings. The molecule has 3 nitrogen and oxygen atoms in total. The molecule has 2 aromatic rings. The molecule has 1 atom stereocenters. The van der Waals surface area contributed by atoms with Gasteiger partial charge in [0, 0.05) is 24.4 Å². The Bertz CT molecular complexity index is 580. The second-order valence-corrected chi connectivity index (χ2v) is 5.59. The first-order valence-corrected chi connectivity index (χ1v) is 7.27. The molecule has 0 aliphatic heterocycles. The van der Waals surface area contributed by atoms with E-state index in [1.807, 2.05) is 18.4 Å². The quantitative estimate of drug-likeness (QED) is 0.882. The van der Waals surface area contributed by atoms with E-state index in [0.29, 0.717) is 6.54 Å². The molecule has 0 spiro atoms. The van der Waals surface area contributed by atoms with E-state index >= 15 is 0 Å². The van der Waals surface area contributed by atoms with Crippen molar-refractivity contribution in [3.63, 3.8) is 0 Å². The van der Waals surface area contributed by atoms with E-state index in [4.69, 9.17) is 0 Å². The molecule has 1 aromatic carbocycles. The fraction of sp³-hybridized carbons (Fsp3) is 0.267. The lowest BCUT2D eigenvalue weighted by Gasteiger charge is -2.14. The van der Waals surface area contributed by atoms with Crippen LogP contribution in [0.3, 0.4) is 0 Å². The second kappa shape index (κ2) is 6.63. The molecule has 0 bridgehead atoms. The molecule has 0 radical (unpaired) electrons. The molecule has 20 heavy (non-hydrogen) atoms. The highest BCUT2D eigenvalue weighted by atomic mass is 32.1. The average Bonchev–Trinajstić information content (AvgIpc) is 2.83. The summed E-state index contributed by atoms with van der Waals surface area (Å²) in [6, 6.07) is 8.48. The number of nitrogens with one attached hydrogen (secondary N) is 2. The maximum atomic E-state index is 12.9. The van der Waals surface area contributed by atoms with Gasteiger partial charge in [0.15, 0.2) is 0 Å². The van der Waals surface area contributed by atoms with Crippen LogP contribution >= 0.6 is 11.3 Å². The van der Waals surface area contributed by atoms with Crippen LogP contribution in [0.1, 0.15) is 30.3 Å².